The molecule has 0 spiro atoms. The monoisotopic (exact) mass is 254 g/mol. The number of carbonyl (C=O) groups excluding carboxylic acids is 2. The second-order valence-corrected chi connectivity index (χ2v) is 4.59. The second kappa shape index (κ2) is 6.99. The highest BCUT2D eigenvalue weighted by atomic mass is 16.6. The van der Waals surface area contributed by atoms with Gasteiger partial charge in [0.05, 0.1) is 0 Å². The molecule has 0 fully saturated rings. The number of hydrogen-bond acceptors (Lipinski definition) is 4. The van der Waals surface area contributed by atoms with E-state index in [9.17, 15) is 9.59 Å². The van der Waals surface area contributed by atoms with Crippen LogP contribution in [0.3, 0.4) is 0 Å². The van der Waals surface area contributed by atoms with Gasteiger partial charge in [0, 0.05) is 13.8 Å². The summed E-state index contributed by atoms with van der Waals surface area (Å²) >= 11 is 0. The fraction of sp³-hybridized carbons (Fsp3) is 0.571. The first kappa shape index (κ1) is 16.4. The molecule has 0 aliphatic heterocycles. The van der Waals surface area contributed by atoms with Crippen LogP contribution in [0.2, 0.25) is 0 Å². The number of hydrogen-bond donors (Lipinski definition) is 0. The molecular formula is C14H22O4. The van der Waals surface area contributed by atoms with Gasteiger partial charge in [-0.25, -0.2) is 0 Å². The van der Waals surface area contributed by atoms with Crippen LogP contribution in [-0.2, 0) is 19.1 Å². The summed E-state index contributed by atoms with van der Waals surface area (Å²) in [6, 6.07) is 0. The van der Waals surface area contributed by atoms with Gasteiger partial charge in [0.1, 0.15) is 11.7 Å². The molecule has 0 aromatic heterocycles. The maximum Gasteiger partial charge on any atom is 0.303 e. The molecule has 0 aromatic rings. The highest BCUT2D eigenvalue weighted by Gasteiger charge is 2.26. The molecular weight excluding hydrogens is 232 g/mol. The lowest BCUT2D eigenvalue weighted by atomic mass is 9.95. The number of rotatable bonds is 7. The van der Waals surface area contributed by atoms with Crippen molar-refractivity contribution in [3.8, 4) is 0 Å². The predicted molar refractivity (Wildman–Crippen MR) is 70.0 cm³/mol. The van der Waals surface area contributed by atoms with Gasteiger partial charge < -0.3 is 9.47 Å². The van der Waals surface area contributed by atoms with Crippen LogP contribution >= 0.6 is 0 Å². The van der Waals surface area contributed by atoms with Crippen LogP contribution in [0.4, 0.5) is 0 Å². The maximum atomic E-state index is 11.0. The van der Waals surface area contributed by atoms with Crippen LogP contribution in [0, 0.1) is 0 Å². The third-order valence-electron chi connectivity index (χ3n) is 2.57. The lowest BCUT2D eigenvalue weighted by molar-refractivity contribution is -0.153. The molecule has 0 aliphatic carbocycles. The second-order valence-electron chi connectivity index (χ2n) is 4.59. The summed E-state index contributed by atoms with van der Waals surface area (Å²) in [5.41, 5.74) is 0.0131. The number of esters is 2. The smallest absolute Gasteiger partial charge is 0.303 e. The molecule has 2 unspecified atom stereocenters. The SMILES string of the molecule is C=CC(C)(CCC(OC(C)=O)C(=C)C)OC(C)=O. The fourth-order valence-corrected chi connectivity index (χ4v) is 1.55. The van der Waals surface area contributed by atoms with Gasteiger partial charge in [0.2, 0.25) is 0 Å². The van der Waals surface area contributed by atoms with Gasteiger partial charge in [-0.2, -0.15) is 0 Å². The first-order valence-corrected chi connectivity index (χ1v) is 5.86. The Hall–Kier alpha value is -1.58. The van der Waals surface area contributed by atoms with E-state index in [1.807, 2.05) is 0 Å². The van der Waals surface area contributed by atoms with Gasteiger partial charge in [-0.1, -0.05) is 13.2 Å². The first-order valence-electron chi connectivity index (χ1n) is 5.86. The molecule has 4 nitrogen and oxygen atoms in total. The maximum absolute atomic E-state index is 11.0. The summed E-state index contributed by atoms with van der Waals surface area (Å²) in [7, 11) is 0. The molecule has 0 aromatic carbocycles. The van der Waals surface area contributed by atoms with E-state index in [2.05, 4.69) is 13.2 Å². The minimum Gasteiger partial charge on any atom is -0.458 e. The van der Waals surface area contributed by atoms with E-state index in [1.54, 1.807) is 19.9 Å². The molecule has 2 atom stereocenters. The van der Waals surface area contributed by atoms with Crippen molar-refractivity contribution in [1.82, 2.24) is 0 Å². The van der Waals surface area contributed by atoms with E-state index in [0.717, 1.165) is 5.57 Å². The highest BCUT2D eigenvalue weighted by molar-refractivity contribution is 5.67. The summed E-state index contributed by atoms with van der Waals surface area (Å²) in [4.78, 5) is 22.0. The van der Waals surface area contributed by atoms with Crippen molar-refractivity contribution >= 4 is 11.9 Å². The van der Waals surface area contributed by atoms with Crippen LogP contribution in [0.25, 0.3) is 0 Å². The molecule has 4 heteroatoms. The Kier molecular flexibility index (Phi) is 6.37. The van der Waals surface area contributed by atoms with Crippen LogP contribution in [0.15, 0.2) is 24.8 Å². The quantitative estimate of drug-likeness (QED) is 0.518. The minimum atomic E-state index is -0.750. The Morgan fingerprint density at radius 1 is 1.28 bits per heavy atom. The lowest BCUT2D eigenvalue weighted by Crippen LogP contribution is -2.30. The average molecular weight is 254 g/mol. The van der Waals surface area contributed by atoms with E-state index in [4.69, 9.17) is 9.47 Å². The standard InChI is InChI=1S/C14H22O4/c1-7-14(6,18-12(5)16)9-8-13(10(2)3)17-11(4)15/h7,13H,1-2,8-9H2,3-6H3. The highest BCUT2D eigenvalue weighted by Crippen LogP contribution is 2.23. The van der Waals surface area contributed by atoms with Crippen molar-refractivity contribution < 1.29 is 19.1 Å². The summed E-state index contributed by atoms with van der Waals surface area (Å²) in [5, 5.41) is 0. The Morgan fingerprint density at radius 2 is 1.83 bits per heavy atom. The van der Waals surface area contributed by atoms with Gasteiger partial charge in [-0.15, -0.1) is 0 Å². The van der Waals surface area contributed by atoms with Crippen LogP contribution < -0.4 is 0 Å². The van der Waals surface area contributed by atoms with Gasteiger partial charge in [0.15, 0.2) is 0 Å². The Balaban J connectivity index is 4.56. The zero-order chi connectivity index (χ0) is 14.3. The van der Waals surface area contributed by atoms with Gasteiger partial charge in [-0.05, 0) is 38.3 Å². The van der Waals surface area contributed by atoms with Crippen molar-refractivity contribution in [2.75, 3.05) is 0 Å². The topological polar surface area (TPSA) is 52.6 Å². The number of carbonyl (C=O) groups is 2. The molecule has 0 heterocycles. The van der Waals surface area contributed by atoms with Gasteiger partial charge in [-0.3, -0.25) is 9.59 Å². The Bertz CT molecular complexity index is 346. The normalized spacial score (nSPS) is 15.1. The summed E-state index contributed by atoms with van der Waals surface area (Å²) in [5.74, 6) is -0.715. The third-order valence-corrected chi connectivity index (χ3v) is 2.57. The van der Waals surface area contributed by atoms with Crippen molar-refractivity contribution in [3.05, 3.63) is 24.8 Å². The molecule has 0 aliphatic rings. The molecule has 0 saturated heterocycles. The average Bonchev–Trinajstić information content (AvgIpc) is 2.22. The molecule has 0 N–H and O–H groups in total. The summed E-state index contributed by atoms with van der Waals surface area (Å²) in [6.07, 6.45) is 2.26. The van der Waals surface area contributed by atoms with Crippen molar-refractivity contribution in [2.45, 2.75) is 52.2 Å². The molecule has 0 amide bonds. The first-order chi connectivity index (χ1) is 8.20. The van der Waals surface area contributed by atoms with E-state index in [0.29, 0.717) is 12.8 Å². The van der Waals surface area contributed by atoms with E-state index in [1.165, 1.54) is 13.8 Å². The number of ether oxygens (including phenoxy) is 2. The van der Waals surface area contributed by atoms with Gasteiger partial charge >= 0.3 is 11.9 Å². The molecule has 0 rings (SSSR count). The molecule has 18 heavy (non-hydrogen) atoms. The van der Waals surface area contributed by atoms with Gasteiger partial charge in [0.25, 0.3) is 0 Å². The van der Waals surface area contributed by atoms with Crippen molar-refractivity contribution in [1.29, 1.82) is 0 Å². The van der Waals surface area contributed by atoms with Crippen LogP contribution in [0.5, 0.6) is 0 Å². The minimum absolute atomic E-state index is 0.351. The Morgan fingerprint density at radius 3 is 2.17 bits per heavy atom. The molecule has 0 radical (unpaired) electrons. The predicted octanol–water partition coefficient (Wildman–Crippen LogP) is 2.78. The van der Waals surface area contributed by atoms with Crippen molar-refractivity contribution in [2.24, 2.45) is 0 Å². The van der Waals surface area contributed by atoms with Crippen LogP contribution in [-0.4, -0.2) is 23.6 Å². The third kappa shape index (κ3) is 6.23. The van der Waals surface area contributed by atoms with E-state index in [-0.39, 0.29) is 18.0 Å². The lowest BCUT2D eigenvalue weighted by Gasteiger charge is -2.27. The summed E-state index contributed by atoms with van der Waals surface area (Å²) in [6.45, 7) is 13.7. The Labute approximate surface area is 109 Å². The zero-order valence-corrected chi connectivity index (χ0v) is 11.6. The molecule has 0 saturated carbocycles. The fourth-order valence-electron chi connectivity index (χ4n) is 1.55. The summed E-state index contributed by atoms with van der Waals surface area (Å²) < 4.78 is 10.3. The van der Waals surface area contributed by atoms with E-state index >= 15 is 0 Å². The van der Waals surface area contributed by atoms with Crippen molar-refractivity contribution in [3.63, 3.8) is 0 Å². The van der Waals surface area contributed by atoms with Crippen LogP contribution in [0.1, 0.15) is 40.5 Å². The largest absolute Gasteiger partial charge is 0.458 e. The van der Waals surface area contributed by atoms with E-state index < -0.39 is 5.60 Å². The zero-order valence-electron chi connectivity index (χ0n) is 11.6. The molecule has 102 valence electrons. The molecule has 0 bridgehead atoms.